The predicted octanol–water partition coefficient (Wildman–Crippen LogP) is 4.29. The Morgan fingerprint density at radius 2 is 1.41 bits per heavy atom. The maximum Gasteiger partial charge on any atom is 0.264 e. The molecule has 0 bridgehead atoms. The van der Waals surface area contributed by atoms with E-state index in [9.17, 15) is 21.6 Å². The summed E-state index contributed by atoms with van der Waals surface area (Å²) in [6.45, 7) is 1.71. The minimum absolute atomic E-state index is 0.0184. The number of sulfonamides is 2. The molecule has 0 aliphatic rings. The molecule has 0 atom stereocenters. The summed E-state index contributed by atoms with van der Waals surface area (Å²) in [5, 5.41) is 2.71. The second kappa shape index (κ2) is 10.5. The van der Waals surface area contributed by atoms with Crippen LogP contribution in [0.3, 0.4) is 0 Å². The number of carbonyl (C=O) groups is 1. The van der Waals surface area contributed by atoms with Crippen LogP contribution in [0, 0.1) is 6.92 Å². The van der Waals surface area contributed by atoms with E-state index in [1.54, 1.807) is 31.2 Å². The van der Waals surface area contributed by atoms with Crippen molar-refractivity contribution >= 4 is 54.9 Å². The molecule has 0 aliphatic carbocycles. The highest BCUT2D eigenvalue weighted by atomic mass is 35.5. The molecule has 1 heterocycles. The van der Waals surface area contributed by atoms with Gasteiger partial charge in [-0.15, -0.1) is 0 Å². The summed E-state index contributed by atoms with van der Waals surface area (Å²) in [7, 11) is -7.82. The van der Waals surface area contributed by atoms with Crippen molar-refractivity contribution in [3.05, 3.63) is 101 Å². The first-order chi connectivity index (χ1) is 17.5. The summed E-state index contributed by atoms with van der Waals surface area (Å²) >= 11 is 6.18. The fraction of sp³-hybridized carbons (Fsp3) is 0.0417. The van der Waals surface area contributed by atoms with E-state index in [-0.39, 0.29) is 32.0 Å². The molecule has 3 N–H and O–H groups in total. The molecule has 0 saturated carbocycles. The van der Waals surface area contributed by atoms with Gasteiger partial charge in [0.1, 0.15) is 0 Å². The lowest BCUT2D eigenvalue weighted by Gasteiger charge is -2.12. The molecule has 1 amide bonds. The quantitative estimate of drug-likeness (QED) is 0.293. The number of rotatable bonds is 8. The van der Waals surface area contributed by atoms with E-state index in [2.05, 4.69) is 24.7 Å². The van der Waals surface area contributed by atoms with Crippen LogP contribution in [0.2, 0.25) is 5.02 Å². The fourth-order valence-electron chi connectivity index (χ4n) is 3.17. The van der Waals surface area contributed by atoms with E-state index in [1.807, 2.05) is 0 Å². The van der Waals surface area contributed by atoms with Gasteiger partial charge in [-0.1, -0.05) is 29.8 Å². The molecule has 4 aromatic rings. The zero-order valence-corrected chi connectivity index (χ0v) is 21.6. The minimum Gasteiger partial charge on any atom is -0.322 e. The third-order valence-electron chi connectivity index (χ3n) is 4.96. The summed E-state index contributed by atoms with van der Waals surface area (Å²) in [5.74, 6) is -0.678. The van der Waals surface area contributed by atoms with Crippen molar-refractivity contribution in [1.82, 2.24) is 9.97 Å². The molecule has 13 heteroatoms. The number of aromatic nitrogens is 2. The van der Waals surface area contributed by atoms with E-state index >= 15 is 0 Å². The van der Waals surface area contributed by atoms with Crippen molar-refractivity contribution in [2.45, 2.75) is 16.7 Å². The smallest absolute Gasteiger partial charge is 0.264 e. The predicted molar refractivity (Wildman–Crippen MR) is 141 cm³/mol. The number of hydrogen-bond donors (Lipinski definition) is 3. The Balaban J connectivity index is 1.48. The van der Waals surface area contributed by atoms with Crippen LogP contribution in [-0.2, 0) is 20.0 Å². The molecule has 1 aromatic heterocycles. The molecule has 0 aliphatic heterocycles. The normalized spacial score (nSPS) is 11.5. The summed E-state index contributed by atoms with van der Waals surface area (Å²) in [6.07, 6.45) is 1.44. The molecule has 190 valence electrons. The lowest BCUT2D eigenvalue weighted by atomic mass is 10.2. The number of hydrogen-bond acceptors (Lipinski definition) is 7. The van der Waals surface area contributed by atoms with E-state index in [0.717, 1.165) is 0 Å². The van der Waals surface area contributed by atoms with Crippen LogP contribution in [0.1, 0.15) is 16.1 Å². The van der Waals surface area contributed by atoms with Gasteiger partial charge in [0.25, 0.3) is 26.0 Å². The first-order valence-corrected chi connectivity index (χ1v) is 14.0. The third kappa shape index (κ3) is 6.42. The topological polar surface area (TPSA) is 147 Å². The molecule has 0 saturated heterocycles. The number of halogens is 1. The molecular weight excluding hydrogens is 538 g/mol. The van der Waals surface area contributed by atoms with Gasteiger partial charge in [-0.2, -0.15) is 0 Å². The Bertz CT molecular complexity index is 1660. The largest absolute Gasteiger partial charge is 0.322 e. The van der Waals surface area contributed by atoms with Crippen LogP contribution >= 0.6 is 11.6 Å². The summed E-state index contributed by atoms with van der Waals surface area (Å²) in [4.78, 5) is 20.8. The highest BCUT2D eigenvalue weighted by Crippen LogP contribution is 2.24. The van der Waals surface area contributed by atoms with Gasteiger partial charge < -0.3 is 5.32 Å². The Hall–Kier alpha value is -4.00. The van der Waals surface area contributed by atoms with Gasteiger partial charge in [-0.3, -0.25) is 9.52 Å². The number of amides is 1. The van der Waals surface area contributed by atoms with E-state index < -0.39 is 26.0 Å². The van der Waals surface area contributed by atoms with Crippen LogP contribution in [0.25, 0.3) is 0 Å². The van der Waals surface area contributed by atoms with E-state index in [0.29, 0.717) is 11.4 Å². The fourth-order valence-corrected chi connectivity index (χ4v) is 5.39. The summed E-state index contributed by atoms with van der Waals surface area (Å²) < 4.78 is 55.1. The molecule has 0 spiro atoms. The Labute approximate surface area is 218 Å². The first kappa shape index (κ1) is 26.1. The maximum atomic E-state index is 12.9. The number of anilines is 3. The zero-order valence-electron chi connectivity index (χ0n) is 19.2. The molecule has 10 nitrogen and oxygen atoms in total. The molecule has 0 radical (unpaired) electrons. The van der Waals surface area contributed by atoms with Crippen molar-refractivity contribution in [3.8, 4) is 0 Å². The second-order valence-electron chi connectivity index (χ2n) is 7.72. The van der Waals surface area contributed by atoms with Crippen LogP contribution in [-0.4, -0.2) is 32.7 Å². The van der Waals surface area contributed by atoms with Gasteiger partial charge in [0, 0.05) is 23.3 Å². The van der Waals surface area contributed by atoms with Crippen molar-refractivity contribution in [2.75, 3.05) is 14.8 Å². The molecular formula is C24H20ClN5O5S2. The number of nitrogens with zero attached hydrogens (tertiary/aromatic N) is 2. The monoisotopic (exact) mass is 557 g/mol. The van der Waals surface area contributed by atoms with Crippen molar-refractivity contribution < 1.29 is 21.6 Å². The molecule has 4 rings (SSSR count). The third-order valence-corrected chi connectivity index (χ3v) is 8.03. The number of nitrogens with one attached hydrogen (secondary N) is 3. The Morgan fingerprint density at radius 3 is 2.08 bits per heavy atom. The average Bonchev–Trinajstić information content (AvgIpc) is 2.85. The Kier molecular flexibility index (Phi) is 7.43. The number of benzene rings is 3. The van der Waals surface area contributed by atoms with Gasteiger partial charge in [0.15, 0.2) is 0 Å². The highest BCUT2D eigenvalue weighted by molar-refractivity contribution is 7.93. The standard InChI is InChI=1S/C24H20ClN5O5S2/c1-16-13-14-26-24(27-16)30-37(34,35)20-10-7-17(8-11-20)28-23(31)21-15-18(9-12-22(21)25)29-36(32,33)19-5-3-2-4-6-19/h2-15,29H,1H3,(H,28,31)(H,26,27,30). The SMILES string of the molecule is Cc1ccnc(NS(=O)(=O)c2ccc(NC(=O)c3cc(NS(=O)(=O)c4ccccc4)ccc3Cl)cc2)n1. The minimum atomic E-state index is -3.95. The molecule has 37 heavy (non-hydrogen) atoms. The van der Waals surface area contributed by atoms with Gasteiger partial charge in [-0.25, -0.2) is 31.5 Å². The first-order valence-electron chi connectivity index (χ1n) is 10.6. The second-order valence-corrected chi connectivity index (χ2v) is 11.5. The average molecular weight is 558 g/mol. The maximum absolute atomic E-state index is 12.9. The van der Waals surface area contributed by atoms with Gasteiger partial charge in [0.05, 0.1) is 20.4 Å². The zero-order chi connectivity index (χ0) is 26.6. The summed E-state index contributed by atoms with van der Waals surface area (Å²) in [5.41, 5.74) is 1.05. The van der Waals surface area contributed by atoms with Gasteiger partial charge >= 0.3 is 0 Å². The molecule has 0 unspecified atom stereocenters. The molecule has 0 fully saturated rings. The van der Waals surface area contributed by atoms with Crippen molar-refractivity contribution in [1.29, 1.82) is 0 Å². The van der Waals surface area contributed by atoms with Crippen LogP contribution in [0.5, 0.6) is 0 Å². The lowest BCUT2D eigenvalue weighted by Crippen LogP contribution is -2.16. The van der Waals surface area contributed by atoms with Crippen molar-refractivity contribution in [2.24, 2.45) is 0 Å². The van der Waals surface area contributed by atoms with E-state index in [4.69, 9.17) is 11.6 Å². The Morgan fingerprint density at radius 1 is 0.784 bits per heavy atom. The number of aryl methyl sites for hydroxylation is 1. The highest BCUT2D eigenvalue weighted by Gasteiger charge is 2.18. The van der Waals surface area contributed by atoms with Gasteiger partial charge in [-0.05, 0) is 67.6 Å². The van der Waals surface area contributed by atoms with Crippen LogP contribution in [0.4, 0.5) is 17.3 Å². The summed E-state index contributed by atoms with van der Waals surface area (Å²) in [6, 6.07) is 19.0. The molecule has 3 aromatic carbocycles. The van der Waals surface area contributed by atoms with Crippen LogP contribution in [0.15, 0.2) is 94.9 Å². The lowest BCUT2D eigenvalue weighted by molar-refractivity contribution is 0.102. The van der Waals surface area contributed by atoms with Crippen LogP contribution < -0.4 is 14.8 Å². The van der Waals surface area contributed by atoms with Gasteiger partial charge in [0.2, 0.25) is 5.95 Å². The number of carbonyl (C=O) groups excluding carboxylic acids is 1. The van der Waals surface area contributed by atoms with Crippen molar-refractivity contribution in [3.63, 3.8) is 0 Å². The van der Waals surface area contributed by atoms with E-state index in [1.165, 1.54) is 60.8 Å².